The van der Waals surface area contributed by atoms with Crippen molar-refractivity contribution in [2.75, 3.05) is 19.8 Å². The molecule has 0 bridgehead atoms. The fourth-order valence-electron chi connectivity index (χ4n) is 1.84. The first-order chi connectivity index (χ1) is 10.5. The second kappa shape index (κ2) is 15.4. The van der Waals surface area contributed by atoms with E-state index in [1.807, 2.05) is 0 Å². The van der Waals surface area contributed by atoms with Gasteiger partial charge in [-0.3, -0.25) is 0 Å². The molecule has 0 unspecified atom stereocenters. The molecule has 2 aliphatic carbocycles. The molecule has 0 atom stereocenters. The van der Waals surface area contributed by atoms with Gasteiger partial charge >= 0.3 is 91.5 Å². The molecule has 0 radical (unpaired) electrons. The van der Waals surface area contributed by atoms with Gasteiger partial charge in [0.1, 0.15) is 0 Å². The molecule has 0 aliphatic heterocycles. The van der Waals surface area contributed by atoms with E-state index in [9.17, 15) is 0 Å². The van der Waals surface area contributed by atoms with Gasteiger partial charge in [-0.15, -0.1) is 19.8 Å². The molecule has 0 heterocycles. The Morgan fingerprint density at radius 3 is 1.32 bits per heavy atom. The first-order valence-corrected chi connectivity index (χ1v) is 8.45. The summed E-state index contributed by atoms with van der Waals surface area (Å²) in [5.74, 6) is 0. The fourth-order valence-corrected chi connectivity index (χ4v) is 2.42. The predicted octanol–water partition coefficient (Wildman–Crippen LogP) is 1.58. The number of rotatable bonds is 2. The summed E-state index contributed by atoms with van der Waals surface area (Å²) in [4.78, 5) is 0. The number of hydrogen-bond acceptors (Lipinski definition) is 3. The van der Waals surface area contributed by atoms with Gasteiger partial charge in [-0.1, -0.05) is 20.8 Å². The molecule has 4 heteroatoms. The van der Waals surface area contributed by atoms with E-state index in [1.165, 1.54) is 0 Å². The van der Waals surface area contributed by atoms with Gasteiger partial charge in [0.15, 0.2) is 0 Å². The molecule has 22 heavy (non-hydrogen) atoms. The molecule has 0 spiro atoms. The Morgan fingerprint density at radius 1 is 0.864 bits per heavy atom. The van der Waals surface area contributed by atoms with Crippen LogP contribution in [0, 0.1) is 0 Å². The number of allylic oxidation sites excluding steroid dienone is 8. The molecule has 0 saturated heterocycles. The maximum absolute atomic E-state index is 8.93. The van der Waals surface area contributed by atoms with Gasteiger partial charge in [0, 0.05) is 0 Å². The summed E-state index contributed by atoms with van der Waals surface area (Å²) in [5, 5.41) is 26.8. The Labute approximate surface area is 147 Å². The van der Waals surface area contributed by atoms with Crippen molar-refractivity contribution in [2.45, 2.75) is 44.3 Å². The van der Waals surface area contributed by atoms with E-state index in [1.54, 1.807) is 31.9 Å². The molecule has 122 valence electrons. The Kier molecular flexibility index (Phi) is 16.7. The first-order valence-electron chi connectivity index (χ1n) is 7.67. The standard InChI is InChI=1S/C12H13.3C2H5O.Ti/c1-10(11-6-2-3-7-11)12-8-4-5-9-12;3*1-2-3;/h2-6,8H,7,9H2,1H3;3*2H2,1H3;/q;3*-1;+3. The Morgan fingerprint density at radius 2 is 1.14 bits per heavy atom. The summed E-state index contributed by atoms with van der Waals surface area (Å²) in [7, 11) is 0. The van der Waals surface area contributed by atoms with Crippen LogP contribution in [0.15, 0.2) is 47.6 Å². The Bertz CT molecular complexity index is 343. The maximum atomic E-state index is 8.93. The van der Waals surface area contributed by atoms with E-state index >= 15 is 0 Å². The van der Waals surface area contributed by atoms with Crippen LogP contribution < -0.4 is 15.3 Å². The van der Waals surface area contributed by atoms with Crippen LogP contribution in [0.1, 0.15) is 40.5 Å². The second-order valence-corrected chi connectivity index (χ2v) is 6.20. The average molecular weight is 340 g/mol. The molecule has 0 aromatic rings. The van der Waals surface area contributed by atoms with Crippen LogP contribution in [-0.4, -0.2) is 19.8 Å². The molecule has 3 nitrogen and oxygen atoms in total. The average Bonchev–Trinajstić information content (AvgIpc) is 3.16. The zero-order valence-corrected chi connectivity index (χ0v) is 15.8. The summed E-state index contributed by atoms with van der Waals surface area (Å²) in [6.07, 6.45) is 15.6. The summed E-state index contributed by atoms with van der Waals surface area (Å²) in [5.41, 5.74) is 3.09. The van der Waals surface area contributed by atoms with Gasteiger partial charge in [0.05, 0.1) is 0 Å². The van der Waals surface area contributed by atoms with E-state index in [2.05, 4.69) is 63.8 Å². The molecule has 0 amide bonds. The van der Waals surface area contributed by atoms with Gasteiger partial charge in [0.25, 0.3) is 0 Å². The number of hydrogen-bond donors (Lipinski definition) is 0. The molecule has 0 N–H and O–H groups in total. The third kappa shape index (κ3) is 10.3. The first kappa shape index (κ1) is 23.8. The van der Waals surface area contributed by atoms with Crippen molar-refractivity contribution in [1.29, 1.82) is 0 Å². The molecule has 2 aliphatic rings. The van der Waals surface area contributed by atoms with E-state index in [0.717, 1.165) is 12.8 Å². The molecule has 0 fully saturated rings. The summed E-state index contributed by atoms with van der Waals surface area (Å²) in [6, 6.07) is 0. The summed E-state index contributed by atoms with van der Waals surface area (Å²) < 4.78 is 0.257. The minimum atomic E-state index is 0. The van der Waals surface area contributed by atoms with Gasteiger partial charge in [-0.2, -0.15) is 0 Å². The SMILES string of the molecule is CC[O-].CC[O-].CC[O-].C[C]([Ti+3])(C1=CC=CC1)C1=CC=CC1. The fraction of sp³-hybridized carbons (Fsp3) is 0.556. The third-order valence-corrected chi connectivity index (χ3v) is 3.83. The van der Waals surface area contributed by atoms with Crippen LogP contribution in [0.25, 0.3) is 0 Å². The molecule has 0 aromatic carbocycles. The van der Waals surface area contributed by atoms with Crippen molar-refractivity contribution in [3.05, 3.63) is 47.6 Å². The minimum absolute atomic E-state index is 0. The van der Waals surface area contributed by atoms with Crippen LogP contribution in [0.5, 0.6) is 0 Å². The van der Waals surface area contributed by atoms with Crippen molar-refractivity contribution in [3.63, 3.8) is 0 Å². The quantitative estimate of drug-likeness (QED) is 0.717. The Hall–Kier alpha value is -0.446. The Balaban J connectivity index is 0. The molecule has 0 saturated carbocycles. The van der Waals surface area contributed by atoms with Crippen molar-refractivity contribution in [2.24, 2.45) is 0 Å². The summed E-state index contributed by atoms with van der Waals surface area (Å²) >= 11 is 2.32. The molecule has 2 rings (SSSR count). The van der Waals surface area contributed by atoms with Gasteiger partial charge in [-0.05, 0) is 0 Å². The van der Waals surface area contributed by atoms with Crippen LogP contribution in [-0.2, 0) is 20.4 Å². The van der Waals surface area contributed by atoms with Gasteiger partial charge in [-0.25, -0.2) is 0 Å². The molecular weight excluding hydrogens is 312 g/mol. The van der Waals surface area contributed by atoms with E-state index in [0.29, 0.717) is 0 Å². The summed E-state index contributed by atoms with van der Waals surface area (Å²) in [6.45, 7) is 7.03. The van der Waals surface area contributed by atoms with Crippen molar-refractivity contribution >= 4 is 0 Å². The monoisotopic (exact) mass is 340 g/mol. The molecule has 0 aromatic heterocycles. The van der Waals surface area contributed by atoms with Crippen LogP contribution in [0.4, 0.5) is 0 Å². The van der Waals surface area contributed by atoms with Crippen molar-refractivity contribution in [3.8, 4) is 0 Å². The second-order valence-electron chi connectivity index (χ2n) is 4.64. The zero-order valence-electron chi connectivity index (χ0n) is 14.2. The topological polar surface area (TPSA) is 69.2 Å². The van der Waals surface area contributed by atoms with Crippen molar-refractivity contribution in [1.82, 2.24) is 0 Å². The van der Waals surface area contributed by atoms with E-state index in [4.69, 9.17) is 15.3 Å². The zero-order chi connectivity index (χ0) is 17.4. The molecular formula is C18H28O3Ti. The third-order valence-electron chi connectivity index (χ3n) is 2.83. The normalized spacial score (nSPS) is 14.8. The van der Waals surface area contributed by atoms with Gasteiger partial charge in [0.2, 0.25) is 0 Å². The van der Waals surface area contributed by atoms with Crippen LogP contribution in [0.3, 0.4) is 0 Å². The van der Waals surface area contributed by atoms with Gasteiger partial charge < -0.3 is 15.3 Å². The predicted molar refractivity (Wildman–Crippen MR) is 83.7 cm³/mol. The van der Waals surface area contributed by atoms with E-state index < -0.39 is 0 Å². The van der Waals surface area contributed by atoms with E-state index in [-0.39, 0.29) is 23.5 Å². The van der Waals surface area contributed by atoms with Crippen molar-refractivity contribution < 1.29 is 35.8 Å². The van der Waals surface area contributed by atoms with Crippen LogP contribution in [0.2, 0.25) is 3.72 Å². The van der Waals surface area contributed by atoms with Crippen LogP contribution >= 0.6 is 0 Å².